The van der Waals surface area contributed by atoms with Crippen LogP contribution < -0.4 is 5.73 Å². The van der Waals surface area contributed by atoms with Gasteiger partial charge >= 0.3 is 7.60 Å². The topological polar surface area (TPSA) is 61.5 Å². The van der Waals surface area contributed by atoms with Crippen molar-refractivity contribution in [2.45, 2.75) is 13.8 Å². The van der Waals surface area contributed by atoms with Crippen LogP contribution >= 0.6 is 7.60 Å². The maximum Gasteiger partial charge on any atom is 0.353 e. The van der Waals surface area contributed by atoms with Crippen LogP contribution in [0.1, 0.15) is 13.8 Å². The van der Waals surface area contributed by atoms with E-state index in [1.54, 1.807) is 13.8 Å². The molecule has 0 rings (SSSR count). The zero-order chi connectivity index (χ0) is 10.0. The molecule has 0 unspecified atom stereocenters. The Morgan fingerprint density at radius 1 is 1.33 bits per heavy atom. The summed E-state index contributed by atoms with van der Waals surface area (Å²) in [7, 11) is -1.44. The van der Waals surface area contributed by atoms with Crippen molar-refractivity contribution in [1.29, 1.82) is 0 Å². The first-order valence-corrected chi connectivity index (χ1v) is 5.39. The molecular weight excluding hydrogens is 177 g/mol. The van der Waals surface area contributed by atoms with Crippen LogP contribution in [0.3, 0.4) is 0 Å². The number of hydrogen-bond donors (Lipinski definition) is 1. The second-order valence-electron chi connectivity index (χ2n) is 1.56. The molecule has 0 atom stereocenters. The first-order valence-electron chi connectivity index (χ1n) is 3.78. The molecule has 0 saturated heterocycles. The number of nitrogens with two attached hydrogens (primary N) is 1. The van der Waals surface area contributed by atoms with E-state index in [1.807, 2.05) is 0 Å². The number of hydrogen-bond acceptors (Lipinski definition) is 4. The predicted molar refractivity (Wildman–Crippen MR) is 51.2 cm³/mol. The molecule has 0 aliphatic heterocycles. The monoisotopic (exact) mass is 195 g/mol. The van der Waals surface area contributed by atoms with Crippen molar-refractivity contribution >= 4 is 7.60 Å². The second kappa shape index (κ2) is 8.94. The van der Waals surface area contributed by atoms with Crippen molar-refractivity contribution in [1.82, 2.24) is 0 Å². The minimum atomic E-state index is -2.94. The highest BCUT2D eigenvalue weighted by Gasteiger charge is 2.16. The Kier molecular flexibility index (Phi) is 10.7. The van der Waals surface area contributed by atoms with E-state index in [-0.39, 0.29) is 0 Å². The molecule has 0 saturated carbocycles. The zero-order valence-electron chi connectivity index (χ0n) is 7.95. The molecule has 0 aromatic heterocycles. The first kappa shape index (κ1) is 14.4. The Hall–Kier alpha value is -0.150. The van der Waals surface area contributed by atoms with E-state index in [9.17, 15) is 4.57 Å². The summed E-state index contributed by atoms with van der Waals surface area (Å²) in [5.41, 5.74) is 4.50. The highest BCUT2D eigenvalue weighted by atomic mass is 31.2. The molecule has 0 amide bonds. The maximum atomic E-state index is 11.2. The van der Waals surface area contributed by atoms with Crippen LogP contribution in [0.15, 0.2) is 12.4 Å². The molecule has 4 nitrogen and oxygen atoms in total. The van der Waals surface area contributed by atoms with Crippen LogP contribution in [0.4, 0.5) is 0 Å². The van der Waals surface area contributed by atoms with Gasteiger partial charge in [0.25, 0.3) is 0 Å². The Bertz CT molecular complexity index is 140. The third-order valence-electron chi connectivity index (χ3n) is 0.842. The van der Waals surface area contributed by atoms with Gasteiger partial charge in [-0.25, -0.2) is 0 Å². The molecule has 0 heterocycles. The van der Waals surface area contributed by atoms with Crippen molar-refractivity contribution in [3.63, 3.8) is 0 Å². The molecule has 0 aromatic carbocycles. The van der Waals surface area contributed by atoms with Gasteiger partial charge < -0.3 is 14.8 Å². The van der Waals surface area contributed by atoms with Crippen molar-refractivity contribution in [2.24, 2.45) is 5.73 Å². The standard InChI is InChI=1S/C6H13O3P.CH5N/c1-4-8-10(7,6-3)9-5-2;1-2/h6H,3-5H2,1-2H3;2H2,1H3. The van der Waals surface area contributed by atoms with E-state index in [0.717, 1.165) is 0 Å². The maximum absolute atomic E-state index is 11.2. The lowest BCUT2D eigenvalue weighted by molar-refractivity contribution is 0.229. The molecule has 0 spiro atoms. The molecule has 0 aromatic rings. The van der Waals surface area contributed by atoms with Crippen LogP contribution in [-0.4, -0.2) is 20.3 Å². The van der Waals surface area contributed by atoms with Crippen LogP contribution in [0, 0.1) is 0 Å². The van der Waals surface area contributed by atoms with Gasteiger partial charge in [-0.05, 0) is 20.9 Å². The average Bonchev–Trinajstić information content (AvgIpc) is 2.09. The molecule has 0 fully saturated rings. The molecule has 0 aliphatic rings. The molecule has 74 valence electrons. The first-order chi connectivity index (χ1) is 5.68. The quantitative estimate of drug-likeness (QED) is 0.681. The minimum Gasteiger partial charge on any atom is -0.333 e. The zero-order valence-corrected chi connectivity index (χ0v) is 8.84. The van der Waals surface area contributed by atoms with Crippen LogP contribution in [0.25, 0.3) is 0 Å². The fraction of sp³-hybridized carbons (Fsp3) is 0.714. The van der Waals surface area contributed by atoms with E-state index in [0.29, 0.717) is 13.2 Å². The normalized spacial score (nSPS) is 10.0. The molecule has 2 N–H and O–H groups in total. The minimum absolute atomic E-state index is 0.378. The van der Waals surface area contributed by atoms with E-state index in [1.165, 1.54) is 12.9 Å². The SMILES string of the molecule is C=CP(=O)(OCC)OCC.CN. The van der Waals surface area contributed by atoms with Crippen molar-refractivity contribution in [3.8, 4) is 0 Å². The fourth-order valence-corrected chi connectivity index (χ4v) is 1.51. The molecule has 12 heavy (non-hydrogen) atoms. The predicted octanol–water partition coefficient (Wildman–Crippen LogP) is 1.97. The van der Waals surface area contributed by atoms with Crippen molar-refractivity contribution in [2.75, 3.05) is 20.3 Å². The summed E-state index contributed by atoms with van der Waals surface area (Å²) in [6.07, 6.45) is 0. The van der Waals surface area contributed by atoms with Crippen LogP contribution in [0.2, 0.25) is 0 Å². The van der Waals surface area contributed by atoms with Crippen LogP contribution in [-0.2, 0) is 13.6 Å². The Labute approximate surface area is 74.3 Å². The lowest BCUT2D eigenvalue weighted by Crippen LogP contribution is -1.91. The largest absolute Gasteiger partial charge is 0.353 e. The van der Waals surface area contributed by atoms with Gasteiger partial charge in [-0.15, -0.1) is 0 Å². The molecule has 5 heteroatoms. The van der Waals surface area contributed by atoms with E-state index in [2.05, 4.69) is 12.3 Å². The third kappa shape index (κ3) is 6.55. The Balaban J connectivity index is 0. The molecule has 0 aliphatic carbocycles. The van der Waals surface area contributed by atoms with Gasteiger partial charge in [0.2, 0.25) is 0 Å². The van der Waals surface area contributed by atoms with E-state index >= 15 is 0 Å². The van der Waals surface area contributed by atoms with E-state index in [4.69, 9.17) is 9.05 Å². The summed E-state index contributed by atoms with van der Waals surface area (Å²) in [6, 6.07) is 0. The Morgan fingerprint density at radius 2 is 1.67 bits per heavy atom. The fourth-order valence-electron chi connectivity index (χ4n) is 0.503. The lowest BCUT2D eigenvalue weighted by atomic mass is 10.9. The number of rotatable bonds is 5. The Morgan fingerprint density at radius 3 is 1.83 bits per heavy atom. The van der Waals surface area contributed by atoms with Crippen molar-refractivity contribution < 1.29 is 13.6 Å². The van der Waals surface area contributed by atoms with Gasteiger partial charge in [-0.1, -0.05) is 6.58 Å². The van der Waals surface area contributed by atoms with Gasteiger partial charge in [0.05, 0.1) is 13.2 Å². The van der Waals surface area contributed by atoms with Gasteiger partial charge in [0, 0.05) is 5.82 Å². The van der Waals surface area contributed by atoms with Gasteiger partial charge in [-0.2, -0.15) is 0 Å². The summed E-state index contributed by atoms with van der Waals surface area (Å²) in [5.74, 6) is 1.22. The second-order valence-corrected chi connectivity index (χ2v) is 3.52. The lowest BCUT2D eigenvalue weighted by Gasteiger charge is -2.11. The average molecular weight is 195 g/mol. The van der Waals surface area contributed by atoms with Crippen LogP contribution in [0.5, 0.6) is 0 Å². The summed E-state index contributed by atoms with van der Waals surface area (Å²) >= 11 is 0. The van der Waals surface area contributed by atoms with Crippen molar-refractivity contribution in [3.05, 3.63) is 12.4 Å². The summed E-state index contributed by atoms with van der Waals surface area (Å²) in [4.78, 5) is 0. The summed E-state index contributed by atoms with van der Waals surface area (Å²) in [5, 5.41) is 0. The van der Waals surface area contributed by atoms with E-state index < -0.39 is 7.60 Å². The molecule has 0 bridgehead atoms. The summed E-state index contributed by atoms with van der Waals surface area (Å²) < 4.78 is 20.9. The molecular formula is C7H18NO3P. The van der Waals surface area contributed by atoms with Gasteiger partial charge in [0.15, 0.2) is 0 Å². The summed E-state index contributed by atoms with van der Waals surface area (Å²) in [6.45, 7) is 7.63. The van der Waals surface area contributed by atoms with Gasteiger partial charge in [0.1, 0.15) is 0 Å². The highest BCUT2D eigenvalue weighted by Crippen LogP contribution is 2.48. The smallest absolute Gasteiger partial charge is 0.333 e. The van der Waals surface area contributed by atoms with Gasteiger partial charge in [-0.3, -0.25) is 4.57 Å². The highest BCUT2D eigenvalue weighted by molar-refractivity contribution is 7.57. The molecule has 0 radical (unpaired) electrons. The third-order valence-corrected chi connectivity index (χ3v) is 2.53.